The highest BCUT2D eigenvalue weighted by molar-refractivity contribution is 6.11. The molecule has 0 spiro atoms. The average molecular weight is 580 g/mol. The fourth-order valence-corrected chi connectivity index (χ4v) is 5.61. The Balaban J connectivity index is 1.58. The summed E-state index contributed by atoms with van der Waals surface area (Å²) in [6.07, 6.45) is -3.97. The Hall–Kier alpha value is -4.43. The number of benzene rings is 2. The molecule has 14 heteroatoms. The minimum Gasteiger partial charge on any atom is -0.378 e. The van der Waals surface area contributed by atoms with E-state index in [2.05, 4.69) is 10.3 Å². The van der Waals surface area contributed by atoms with E-state index >= 15 is 0 Å². The number of nitrogens with two attached hydrogens (primary N) is 1. The fraction of sp³-hybridized carbons (Fsp3) is 0.393. The van der Waals surface area contributed by atoms with Gasteiger partial charge in [-0.1, -0.05) is 29.8 Å². The molecule has 2 saturated heterocycles. The van der Waals surface area contributed by atoms with Crippen molar-refractivity contribution in [1.29, 1.82) is 0 Å². The number of hydrogen-bond donors (Lipinski definition) is 2. The second-order valence-corrected chi connectivity index (χ2v) is 10.3. The van der Waals surface area contributed by atoms with E-state index in [1.807, 2.05) is 17.9 Å². The number of para-hydroxylation sites is 2. The van der Waals surface area contributed by atoms with Gasteiger partial charge in [-0.2, -0.15) is 4.99 Å². The van der Waals surface area contributed by atoms with Crippen LogP contribution < -0.4 is 11.1 Å². The summed E-state index contributed by atoms with van der Waals surface area (Å²) in [7, 11) is 0. The lowest BCUT2D eigenvalue weighted by atomic mass is 10.1. The third kappa shape index (κ3) is 5.07. The number of imidazole rings is 1. The molecular formula is C28H31F2N9O3. The number of alkyl halides is 2. The zero-order valence-electron chi connectivity index (χ0n) is 23.0. The van der Waals surface area contributed by atoms with Crippen LogP contribution in [0.3, 0.4) is 0 Å². The molecule has 2 unspecified atom stereocenters. The first-order chi connectivity index (χ1) is 20.3. The van der Waals surface area contributed by atoms with E-state index in [0.717, 1.165) is 5.56 Å². The maximum atomic E-state index is 14.4. The van der Waals surface area contributed by atoms with Gasteiger partial charge in [0.05, 0.1) is 30.3 Å². The zero-order valence-corrected chi connectivity index (χ0v) is 23.0. The third-order valence-corrected chi connectivity index (χ3v) is 7.60. The number of ether oxygens (including phenoxy) is 1. The quantitative estimate of drug-likeness (QED) is 0.488. The number of rotatable bonds is 3. The topological polar surface area (TPSA) is 134 Å². The van der Waals surface area contributed by atoms with Crippen molar-refractivity contribution in [3.8, 4) is 0 Å². The molecule has 0 saturated carbocycles. The van der Waals surface area contributed by atoms with Crippen molar-refractivity contribution in [3.05, 3.63) is 65.5 Å². The number of nitrogens with one attached hydrogen (secondary N) is 1. The van der Waals surface area contributed by atoms with Gasteiger partial charge in [-0.25, -0.2) is 23.6 Å². The van der Waals surface area contributed by atoms with Crippen molar-refractivity contribution < 1.29 is 23.1 Å². The molecule has 3 aliphatic rings. The summed E-state index contributed by atoms with van der Waals surface area (Å²) in [6.45, 7) is 4.53. The van der Waals surface area contributed by atoms with Gasteiger partial charge in [0.1, 0.15) is 0 Å². The standard InChI is InChI=1S/C28H31F2N9O3/c1-17-5-4-6-18(15-17)25(40)39-23(21-16-32-9-10-37(21)26(31)41)34-27(35-28(39)36-11-13-42-14-12-36)38-20-8-3-2-7-19(20)33-24(38)22(29)30/h2-8,15,21-23,32H,9-14,16H2,1H3,(H2,31,41). The minimum atomic E-state index is -2.92. The first-order valence-corrected chi connectivity index (χ1v) is 13.8. The van der Waals surface area contributed by atoms with Gasteiger partial charge < -0.3 is 25.6 Å². The molecule has 3 N–H and O–H groups in total. The third-order valence-electron chi connectivity index (χ3n) is 7.60. The predicted molar refractivity (Wildman–Crippen MR) is 151 cm³/mol. The summed E-state index contributed by atoms with van der Waals surface area (Å²) in [5, 5.41) is 3.26. The first kappa shape index (κ1) is 27.7. The molecule has 2 aromatic carbocycles. The molecule has 2 fully saturated rings. The van der Waals surface area contributed by atoms with Crippen LogP contribution in [0.25, 0.3) is 11.0 Å². The number of primary amides is 1. The van der Waals surface area contributed by atoms with Gasteiger partial charge in [0.25, 0.3) is 12.3 Å². The molecule has 3 amide bonds. The van der Waals surface area contributed by atoms with E-state index in [0.29, 0.717) is 49.4 Å². The Morgan fingerprint density at radius 3 is 2.62 bits per heavy atom. The number of aromatic nitrogens is 2. The van der Waals surface area contributed by atoms with Crippen LogP contribution in [-0.2, 0) is 4.74 Å². The van der Waals surface area contributed by atoms with E-state index in [9.17, 15) is 18.4 Å². The second kappa shape index (κ2) is 11.4. The number of carbonyl (C=O) groups is 2. The number of guanidine groups is 1. The summed E-state index contributed by atoms with van der Waals surface area (Å²) in [6, 6.07) is 12.5. The highest BCUT2D eigenvalue weighted by Gasteiger charge is 2.44. The molecule has 42 heavy (non-hydrogen) atoms. The lowest BCUT2D eigenvalue weighted by Crippen LogP contribution is -2.67. The molecule has 220 valence electrons. The maximum Gasteiger partial charge on any atom is 0.315 e. The van der Waals surface area contributed by atoms with Crippen molar-refractivity contribution in [2.24, 2.45) is 15.7 Å². The van der Waals surface area contributed by atoms with Crippen LogP contribution in [0.1, 0.15) is 28.2 Å². The van der Waals surface area contributed by atoms with Crippen LogP contribution in [0.15, 0.2) is 58.5 Å². The van der Waals surface area contributed by atoms with Crippen LogP contribution in [0, 0.1) is 6.92 Å². The van der Waals surface area contributed by atoms with Gasteiger partial charge in [-0.3, -0.25) is 14.3 Å². The molecule has 1 aromatic heterocycles. The number of halogens is 2. The lowest BCUT2D eigenvalue weighted by molar-refractivity contribution is 0.0480. The van der Waals surface area contributed by atoms with Crippen LogP contribution in [-0.4, -0.2) is 106 Å². The van der Waals surface area contributed by atoms with Crippen molar-refractivity contribution >= 4 is 34.9 Å². The number of fused-ring (bicyclic) bond motifs is 1. The van der Waals surface area contributed by atoms with E-state index < -0.39 is 36.4 Å². The molecular weight excluding hydrogens is 548 g/mol. The SMILES string of the molecule is Cc1cccc(C(=O)N2C(N3CCOCC3)=NC(n3c(C(F)F)nc4ccccc43)=NC2C2CNCCN2C(N)=O)c1. The number of nitrogens with zero attached hydrogens (tertiary/aromatic N) is 7. The van der Waals surface area contributed by atoms with Gasteiger partial charge >= 0.3 is 6.03 Å². The van der Waals surface area contributed by atoms with Gasteiger partial charge in [0.15, 0.2) is 12.0 Å². The van der Waals surface area contributed by atoms with Crippen LogP contribution >= 0.6 is 0 Å². The van der Waals surface area contributed by atoms with Crippen molar-refractivity contribution in [2.45, 2.75) is 25.6 Å². The van der Waals surface area contributed by atoms with Gasteiger partial charge in [-0.05, 0) is 31.2 Å². The fourth-order valence-electron chi connectivity index (χ4n) is 5.61. The Labute approximate surface area is 240 Å². The van der Waals surface area contributed by atoms with Crippen molar-refractivity contribution in [2.75, 3.05) is 45.9 Å². The van der Waals surface area contributed by atoms with Crippen molar-refractivity contribution in [3.63, 3.8) is 0 Å². The van der Waals surface area contributed by atoms with E-state index in [4.69, 9.17) is 20.5 Å². The number of aliphatic imine (C=N–C) groups is 2. The summed E-state index contributed by atoms with van der Waals surface area (Å²) in [5.74, 6) is -0.747. The number of amides is 3. The second-order valence-electron chi connectivity index (χ2n) is 10.3. The van der Waals surface area contributed by atoms with E-state index in [1.54, 1.807) is 42.5 Å². The average Bonchev–Trinajstić information content (AvgIpc) is 3.41. The molecule has 0 bridgehead atoms. The number of carbonyl (C=O) groups excluding carboxylic acids is 2. The molecule has 6 rings (SSSR count). The van der Waals surface area contributed by atoms with E-state index in [1.165, 1.54) is 14.4 Å². The minimum absolute atomic E-state index is 0.0613. The molecule has 3 aliphatic heterocycles. The summed E-state index contributed by atoms with van der Waals surface area (Å²) in [4.78, 5) is 45.5. The Kier molecular flexibility index (Phi) is 7.56. The molecule has 2 atom stereocenters. The van der Waals surface area contributed by atoms with Crippen LogP contribution in [0.2, 0.25) is 0 Å². The first-order valence-electron chi connectivity index (χ1n) is 13.8. The van der Waals surface area contributed by atoms with Gasteiger partial charge in [0.2, 0.25) is 11.9 Å². The lowest BCUT2D eigenvalue weighted by Gasteiger charge is -2.46. The Morgan fingerprint density at radius 2 is 1.88 bits per heavy atom. The normalized spacial score (nSPS) is 21.5. The number of morpholine rings is 1. The van der Waals surface area contributed by atoms with E-state index in [-0.39, 0.29) is 25.0 Å². The smallest absolute Gasteiger partial charge is 0.315 e. The number of aryl methyl sites for hydroxylation is 1. The number of piperazine rings is 1. The highest BCUT2D eigenvalue weighted by Crippen LogP contribution is 2.29. The molecule has 12 nitrogen and oxygen atoms in total. The molecule has 4 heterocycles. The van der Waals surface area contributed by atoms with Crippen molar-refractivity contribution in [1.82, 2.24) is 29.6 Å². The Morgan fingerprint density at radius 1 is 1.10 bits per heavy atom. The summed E-state index contributed by atoms with van der Waals surface area (Å²) >= 11 is 0. The Bertz CT molecular complexity index is 1570. The van der Waals surface area contributed by atoms with Crippen LogP contribution in [0.5, 0.6) is 0 Å². The zero-order chi connectivity index (χ0) is 29.4. The summed E-state index contributed by atoms with van der Waals surface area (Å²) in [5.41, 5.74) is 7.82. The monoisotopic (exact) mass is 579 g/mol. The molecule has 3 aromatic rings. The van der Waals surface area contributed by atoms with Gasteiger partial charge in [-0.15, -0.1) is 0 Å². The number of hydrogen-bond acceptors (Lipinski definition) is 8. The van der Waals surface area contributed by atoms with Gasteiger partial charge in [0, 0.05) is 38.3 Å². The van der Waals surface area contributed by atoms with Crippen LogP contribution in [0.4, 0.5) is 13.6 Å². The molecule has 0 radical (unpaired) electrons. The predicted octanol–water partition coefficient (Wildman–Crippen LogP) is 2.01. The maximum absolute atomic E-state index is 14.4. The highest BCUT2D eigenvalue weighted by atomic mass is 19.3. The number of urea groups is 1. The molecule has 0 aliphatic carbocycles. The summed E-state index contributed by atoms with van der Waals surface area (Å²) < 4.78 is 35.6. The largest absolute Gasteiger partial charge is 0.378 e.